The molecule has 5 nitrogen and oxygen atoms in total. The zero-order chi connectivity index (χ0) is 20.1. The second-order valence-corrected chi connectivity index (χ2v) is 7.18. The molecule has 1 heterocycles. The van der Waals surface area contributed by atoms with Gasteiger partial charge in [0.15, 0.2) is 5.17 Å². The number of rotatable bonds is 4. The van der Waals surface area contributed by atoms with Gasteiger partial charge < -0.3 is 10.1 Å². The van der Waals surface area contributed by atoms with E-state index < -0.39 is 5.97 Å². The van der Waals surface area contributed by atoms with Gasteiger partial charge in [-0.15, -0.1) is 0 Å². The number of hydrogen-bond acceptors (Lipinski definition) is 5. The first-order valence-electron chi connectivity index (χ1n) is 8.89. The molecule has 4 rings (SSSR count). The van der Waals surface area contributed by atoms with E-state index >= 15 is 0 Å². The molecule has 0 saturated carbocycles. The van der Waals surface area contributed by atoms with Gasteiger partial charge in [0.2, 0.25) is 0 Å². The molecule has 1 saturated heterocycles. The van der Waals surface area contributed by atoms with Crippen molar-refractivity contribution in [2.45, 2.75) is 0 Å². The Morgan fingerprint density at radius 1 is 0.931 bits per heavy atom. The maximum absolute atomic E-state index is 12.3. The highest BCUT2D eigenvalue weighted by Crippen LogP contribution is 2.28. The summed E-state index contributed by atoms with van der Waals surface area (Å²) in [6.45, 7) is 0. The predicted octanol–water partition coefficient (Wildman–Crippen LogP) is 4.80. The van der Waals surface area contributed by atoms with Crippen molar-refractivity contribution in [3.63, 3.8) is 0 Å². The van der Waals surface area contributed by atoms with E-state index in [-0.39, 0.29) is 5.91 Å². The summed E-state index contributed by atoms with van der Waals surface area (Å²) in [4.78, 5) is 29.4. The molecule has 0 atom stereocenters. The first-order valence-corrected chi connectivity index (χ1v) is 9.71. The number of benzene rings is 3. The number of nitrogens with one attached hydrogen (secondary N) is 1. The number of amides is 1. The number of thioether (sulfide) groups is 1. The van der Waals surface area contributed by atoms with Gasteiger partial charge in [-0.3, -0.25) is 4.79 Å². The van der Waals surface area contributed by atoms with Gasteiger partial charge in [-0.1, -0.05) is 48.5 Å². The number of hydrogen-bond donors (Lipinski definition) is 1. The molecule has 0 aliphatic carbocycles. The molecule has 3 aromatic carbocycles. The summed E-state index contributed by atoms with van der Waals surface area (Å²) in [5.74, 6) is -0.230. The van der Waals surface area contributed by atoms with E-state index in [1.165, 1.54) is 11.8 Å². The summed E-state index contributed by atoms with van der Waals surface area (Å²) in [6.07, 6.45) is 1.74. The van der Waals surface area contributed by atoms with Gasteiger partial charge >= 0.3 is 5.97 Å². The summed E-state index contributed by atoms with van der Waals surface area (Å²) in [5.41, 5.74) is 2.00. The fraction of sp³-hybridized carbons (Fsp3) is 0. The van der Waals surface area contributed by atoms with E-state index in [0.29, 0.717) is 21.4 Å². The van der Waals surface area contributed by atoms with Gasteiger partial charge in [-0.05, 0) is 59.8 Å². The van der Waals surface area contributed by atoms with Gasteiger partial charge in [-0.25, -0.2) is 9.79 Å². The molecule has 3 aromatic rings. The van der Waals surface area contributed by atoms with Crippen LogP contribution in [0.25, 0.3) is 6.08 Å². The number of ether oxygens (including phenoxy) is 1. The molecule has 0 aromatic heterocycles. The van der Waals surface area contributed by atoms with E-state index in [4.69, 9.17) is 4.74 Å². The maximum atomic E-state index is 12.3. The summed E-state index contributed by atoms with van der Waals surface area (Å²) in [7, 11) is 0. The highest BCUT2D eigenvalue weighted by molar-refractivity contribution is 8.18. The largest absolute Gasteiger partial charge is 0.423 e. The van der Waals surface area contributed by atoms with Crippen LogP contribution in [0.4, 0.5) is 5.69 Å². The van der Waals surface area contributed by atoms with Gasteiger partial charge in [0.05, 0.1) is 16.2 Å². The Kier molecular flexibility index (Phi) is 5.54. The third kappa shape index (κ3) is 4.80. The van der Waals surface area contributed by atoms with Crippen LogP contribution in [-0.2, 0) is 4.79 Å². The zero-order valence-corrected chi connectivity index (χ0v) is 16.1. The fourth-order valence-corrected chi connectivity index (χ4v) is 3.50. The zero-order valence-electron chi connectivity index (χ0n) is 15.2. The minimum Gasteiger partial charge on any atom is -0.423 e. The molecule has 1 amide bonds. The molecule has 1 aliphatic heterocycles. The lowest BCUT2D eigenvalue weighted by Gasteiger charge is -2.05. The van der Waals surface area contributed by atoms with Crippen molar-refractivity contribution in [1.29, 1.82) is 0 Å². The quantitative estimate of drug-likeness (QED) is 0.388. The lowest BCUT2D eigenvalue weighted by Crippen LogP contribution is -2.19. The second kappa shape index (κ2) is 8.58. The molecular formula is C23H16N2O3S. The van der Waals surface area contributed by atoms with Gasteiger partial charge in [-0.2, -0.15) is 0 Å². The Morgan fingerprint density at radius 3 is 2.41 bits per heavy atom. The van der Waals surface area contributed by atoms with Crippen molar-refractivity contribution < 1.29 is 14.3 Å². The third-order valence-corrected chi connectivity index (χ3v) is 4.92. The Morgan fingerprint density at radius 2 is 1.66 bits per heavy atom. The molecule has 1 aliphatic rings. The molecule has 142 valence electrons. The number of amidine groups is 1. The van der Waals surface area contributed by atoms with Crippen LogP contribution in [0.3, 0.4) is 0 Å². The number of aliphatic imine (C=N–C) groups is 1. The summed E-state index contributed by atoms with van der Waals surface area (Å²) in [5, 5.41) is 3.29. The van der Waals surface area contributed by atoms with Crippen LogP contribution in [0.5, 0.6) is 5.75 Å². The van der Waals surface area contributed by atoms with Gasteiger partial charge in [0.25, 0.3) is 5.91 Å². The lowest BCUT2D eigenvalue weighted by molar-refractivity contribution is -0.115. The van der Waals surface area contributed by atoms with Crippen molar-refractivity contribution in [2.75, 3.05) is 0 Å². The van der Waals surface area contributed by atoms with Crippen LogP contribution in [-0.4, -0.2) is 17.0 Å². The number of nitrogens with zero attached hydrogens (tertiary/aromatic N) is 1. The van der Waals surface area contributed by atoms with Crippen molar-refractivity contribution in [3.05, 3.63) is 101 Å². The van der Waals surface area contributed by atoms with E-state index in [2.05, 4.69) is 10.3 Å². The molecular weight excluding hydrogens is 384 g/mol. The SMILES string of the molecule is O=C1NC(=Nc2ccccc2)S/C1=C/c1cccc(OC(=O)c2ccccc2)c1. The fourth-order valence-electron chi connectivity index (χ4n) is 2.66. The van der Waals surface area contributed by atoms with Crippen LogP contribution in [0.1, 0.15) is 15.9 Å². The summed E-state index contributed by atoms with van der Waals surface area (Å²) < 4.78 is 5.43. The average molecular weight is 400 g/mol. The number of carbonyl (C=O) groups is 2. The predicted molar refractivity (Wildman–Crippen MR) is 115 cm³/mol. The van der Waals surface area contributed by atoms with E-state index in [0.717, 1.165) is 11.3 Å². The van der Waals surface area contributed by atoms with Crippen molar-refractivity contribution in [3.8, 4) is 5.75 Å². The van der Waals surface area contributed by atoms with E-state index in [1.807, 2.05) is 42.5 Å². The van der Waals surface area contributed by atoms with E-state index in [1.54, 1.807) is 48.5 Å². The lowest BCUT2D eigenvalue weighted by atomic mass is 10.2. The third-order valence-electron chi connectivity index (χ3n) is 4.01. The highest BCUT2D eigenvalue weighted by atomic mass is 32.2. The first kappa shape index (κ1) is 18.7. The highest BCUT2D eigenvalue weighted by Gasteiger charge is 2.23. The molecule has 29 heavy (non-hydrogen) atoms. The topological polar surface area (TPSA) is 67.8 Å². The Balaban J connectivity index is 1.50. The van der Waals surface area contributed by atoms with Crippen LogP contribution < -0.4 is 10.1 Å². The van der Waals surface area contributed by atoms with Crippen LogP contribution >= 0.6 is 11.8 Å². The molecule has 1 N–H and O–H groups in total. The molecule has 0 radical (unpaired) electrons. The minimum absolute atomic E-state index is 0.212. The number of esters is 1. The Labute approximate surface area is 172 Å². The Bertz CT molecular complexity index is 1110. The maximum Gasteiger partial charge on any atom is 0.343 e. The number of carbonyl (C=O) groups excluding carboxylic acids is 2. The van der Waals surface area contributed by atoms with Crippen LogP contribution in [0.15, 0.2) is 94.8 Å². The van der Waals surface area contributed by atoms with Crippen molar-refractivity contribution >= 4 is 40.6 Å². The molecule has 0 bridgehead atoms. The average Bonchev–Trinajstić information content (AvgIpc) is 3.08. The molecule has 1 fully saturated rings. The van der Waals surface area contributed by atoms with Crippen molar-refractivity contribution in [1.82, 2.24) is 5.32 Å². The van der Waals surface area contributed by atoms with Crippen LogP contribution in [0.2, 0.25) is 0 Å². The normalized spacial score (nSPS) is 16.1. The molecule has 0 unspecified atom stereocenters. The Hall–Kier alpha value is -3.64. The van der Waals surface area contributed by atoms with Crippen LogP contribution in [0, 0.1) is 0 Å². The summed E-state index contributed by atoms with van der Waals surface area (Å²) in [6, 6.07) is 25.2. The standard InChI is InChI=1S/C23H16N2O3S/c26-21-20(29-23(25-21)24-18-11-5-2-6-12-18)15-16-8-7-13-19(14-16)28-22(27)17-9-3-1-4-10-17/h1-15H,(H,24,25,26)/b20-15+. The summed E-state index contributed by atoms with van der Waals surface area (Å²) >= 11 is 1.27. The first-order chi connectivity index (χ1) is 14.2. The molecule has 6 heteroatoms. The number of para-hydroxylation sites is 1. The molecule has 0 spiro atoms. The van der Waals surface area contributed by atoms with Crippen molar-refractivity contribution in [2.24, 2.45) is 4.99 Å². The van der Waals surface area contributed by atoms with Gasteiger partial charge in [0, 0.05) is 0 Å². The monoisotopic (exact) mass is 400 g/mol. The minimum atomic E-state index is -0.430. The smallest absolute Gasteiger partial charge is 0.343 e. The van der Waals surface area contributed by atoms with Gasteiger partial charge in [0.1, 0.15) is 5.75 Å². The second-order valence-electron chi connectivity index (χ2n) is 6.15. The van der Waals surface area contributed by atoms with E-state index in [9.17, 15) is 9.59 Å².